The largest absolute Gasteiger partial charge is 0.478 e. The van der Waals surface area contributed by atoms with Crippen molar-refractivity contribution >= 4 is 23.3 Å². The third-order valence-electron chi connectivity index (χ3n) is 2.89. The lowest BCUT2D eigenvalue weighted by molar-refractivity contribution is -0.128. The quantitative estimate of drug-likeness (QED) is 0.933. The van der Waals surface area contributed by atoms with Gasteiger partial charge in [-0.15, -0.1) is 0 Å². The van der Waals surface area contributed by atoms with Gasteiger partial charge >= 0.3 is 0 Å². The SMILES string of the molecule is Cc1ccc(NC(=O)C(C)(C)Oc2ccc(Cl)cc2)nc1. The highest BCUT2D eigenvalue weighted by Crippen LogP contribution is 2.21. The Kier molecular flexibility index (Phi) is 4.48. The number of halogens is 1. The number of hydrogen-bond acceptors (Lipinski definition) is 3. The number of hydrogen-bond donors (Lipinski definition) is 1. The van der Waals surface area contributed by atoms with Crippen LogP contribution in [0.5, 0.6) is 5.75 Å². The molecular formula is C16H17ClN2O2. The van der Waals surface area contributed by atoms with Crippen LogP contribution in [0.3, 0.4) is 0 Å². The Morgan fingerprint density at radius 1 is 1.19 bits per heavy atom. The summed E-state index contributed by atoms with van der Waals surface area (Å²) in [5.41, 5.74) is 0.00472. The lowest BCUT2D eigenvalue weighted by Gasteiger charge is -2.25. The second-order valence-electron chi connectivity index (χ2n) is 5.24. The van der Waals surface area contributed by atoms with E-state index < -0.39 is 5.60 Å². The molecule has 5 heteroatoms. The van der Waals surface area contributed by atoms with Gasteiger partial charge in [-0.1, -0.05) is 17.7 Å². The molecule has 0 saturated carbocycles. The Morgan fingerprint density at radius 2 is 1.86 bits per heavy atom. The monoisotopic (exact) mass is 304 g/mol. The van der Waals surface area contributed by atoms with E-state index in [9.17, 15) is 4.79 Å². The summed E-state index contributed by atoms with van der Waals surface area (Å²) >= 11 is 5.82. The molecule has 0 aliphatic rings. The average Bonchev–Trinajstić information content (AvgIpc) is 2.43. The molecule has 21 heavy (non-hydrogen) atoms. The molecule has 2 aromatic rings. The first-order chi connectivity index (χ1) is 9.87. The number of nitrogens with one attached hydrogen (secondary N) is 1. The first-order valence-electron chi connectivity index (χ1n) is 6.55. The zero-order chi connectivity index (χ0) is 15.5. The molecule has 0 fully saturated rings. The zero-order valence-electron chi connectivity index (χ0n) is 12.2. The number of carbonyl (C=O) groups excluding carboxylic acids is 1. The molecule has 110 valence electrons. The van der Waals surface area contributed by atoms with Gasteiger partial charge in [-0.05, 0) is 56.7 Å². The van der Waals surface area contributed by atoms with Crippen molar-refractivity contribution in [3.63, 3.8) is 0 Å². The summed E-state index contributed by atoms with van der Waals surface area (Å²) in [4.78, 5) is 16.4. The van der Waals surface area contributed by atoms with Crippen molar-refractivity contribution in [2.24, 2.45) is 0 Å². The molecular weight excluding hydrogens is 288 g/mol. The first kappa shape index (κ1) is 15.3. The number of aromatic nitrogens is 1. The van der Waals surface area contributed by atoms with Gasteiger partial charge in [0.2, 0.25) is 0 Å². The van der Waals surface area contributed by atoms with E-state index in [-0.39, 0.29) is 5.91 Å². The molecule has 0 aliphatic carbocycles. The molecule has 1 amide bonds. The van der Waals surface area contributed by atoms with Gasteiger partial charge in [0, 0.05) is 11.2 Å². The number of nitrogens with zero attached hydrogens (tertiary/aromatic N) is 1. The zero-order valence-corrected chi connectivity index (χ0v) is 12.9. The lowest BCUT2D eigenvalue weighted by atomic mass is 10.1. The van der Waals surface area contributed by atoms with Gasteiger partial charge in [0.15, 0.2) is 5.60 Å². The molecule has 0 saturated heterocycles. The summed E-state index contributed by atoms with van der Waals surface area (Å²) in [5, 5.41) is 3.36. The van der Waals surface area contributed by atoms with Crippen LogP contribution in [0.2, 0.25) is 5.02 Å². The molecule has 0 atom stereocenters. The van der Waals surface area contributed by atoms with E-state index in [1.807, 2.05) is 13.0 Å². The number of ether oxygens (including phenoxy) is 1. The Balaban J connectivity index is 2.05. The number of amides is 1. The maximum absolute atomic E-state index is 12.3. The van der Waals surface area contributed by atoms with Crippen LogP contribution < -0.4 is 10.1 Å². The fourth-order valence-electron chi connectivity index (χ4n) is 1.65. The van der Waals surface area contributed by atoms with Gasteiger partial charge in [-0.25, -0.2) is 4.98 Å². The third-order valence-corrected chi connectivity index (χ3v) is 3.14. The van der Waals surface area contributed by atoms with Crippen LogP contribution in [0, 0.1) is 6.92 Å². The minimum Gasteiger partial charge on any atom is -0.478 e. The molecule has 1 N–H and O–H groups in total. The number of carbonyl (C=O) groups is 1. The summed E-state index contributed by atoms with van der Waals surface area (Å²) in [7, 11) is 0. The fourth-order valence-corrected chi connectivity index (χ4v) is 1.78. The lowest BCUT2D eigenvalue weighted by Crippen LogP contribution is -2.42. The summed E-state index contributed by atoms with van der Waals surface area (Å²) in [6.45, 7) is 5.34. The molecule has 0 spiro atoms. The maximum Gasteiger partial charge on any atom is 0.269 e. The number of rotatable bonds is 4. The highest BCUT2D eigenvalue weighted by atomic mass is 35.5. The van der Waals surface area contributed by atoms with Gasteiger partial charge in [0.25, 0.3) is 5.91 Å². The van der Waals surface area contributed by atoms with Crippen LogP contribution in [-0.2, 0) is 4.79 Å². The molecule has 1 aromatic carbocycles. The number of anilines is 1. The van der Waals surface area contributed by atoms with Crippen LogP contribution in [0.25, 0.3) is 0 Å². The summed E-state index contributed by atoms with van der Waals surface area (Å²) < 4.78 is 5.72. The third kappa shape index (κ3) is 4.20. The maximum atomic E-state index is 12.3. The second-order valence-corrected chi connectivity index (χ2v) is 5.68. The van der Waals surface area contributed by atoms with Crippen molar-refractivity contribution in [3.8, 4) is 5.75 Å². The smallest absolute Gasteiger partial charge is 0.269 e. The van der Waals surface area contributed by atoms with Crippen LogP contribution in [0.15, 0.2) is 42.6 Å². The molecule has 0 bridgehead atoms. The van der Waals surface area contributed by atoms with Crippen molar-refractivity contribution in [3.05, 3.63) is 53.2 Å². The standard InChI is InChI=1S/C16H17ClN2O2/c1-11-4-9-14(18-10-11)19-15(20)16(2,3)21-13-7-5-12(17)6-8-13/h4-10H,1-3H3,(H,18,19,20). The predicted octanol–water partition coefficient (Wildman–Crippen LogP) is 3.84. The van der Waals surface area contributed by atoms with Crippen molar-refractivity contribution in [2.75, 3.05) is 5.32 Å². The highest BCUT2D eigenvalue weighted by Gasteiger charge is 2.30. The number of benzene rings is 1. The fraction of sp³-hybridized carbons (Fsp3) is 0.250. The summed E-state index contributed by atoms with van der Waals surface area (Å²) in [6, 6.07) is 10.5. The summed E-state index contributed by atoms with van der Waals surface area (Å²) in [6.07, 6.45) is 1.70. The Morgan fingerprint density at radius 3 is 2.43 bits per heavy atom. The highest BCUT2D eigenvalue weighted by molar-refractivity contribution is 6.30. The Hall–Kier alpha value is -2.07. The van der Waals surface area contributed by atoms with Crippen molar-refractivity contribution in [2.45, 2.75) is 26.4 Å². The molecule has 4 nitrogen and oxygen atoms in total. The number of pyridine rings is 1. The molecule has 1 heterocycles. The van der Waals surface area contributed by atoms with Crippen molar-refractivity contribution in [1.29, 1.82) is 0 Å². The Bertz CT molecular complexity index is 622. The van der Waals surface area contributed by atoms with E-state index in [0.29, 0.717) is 16.6 Å². The van der Waals surface area contributed by atoms with E-state index in [2.05, 4.69) is 10.3 Å². The van der Waals surface area contributed by atoms with Gasteiger partial charge in [0.05, 0.1) is 0 Å². The Labute approximate surface area is 129 Å². The minimum absolute atomic E-state index is 0.270. The normalized spacial score (nSPS) is 11.0. The molecule has 0 aliphatic heterocycles. The van der Waals surface area contributed by atoms with Gasteiger partial charge in [0.1, 0.15) is 11.6 Å². The van der Waals surface area contributed by atoms with Crippen LogP contribution in [0.4, 0.5) is 5.82 Å². The minimum atomic E-state index is -1.03. The topological polar surface area (TPSA) is 51.2 Å². The van der Waals surface area contributed by atoms with E-state index in [1.165, 1.54) is 0 Å². The molecule has 2 rings (SSSR count). The van der Waals surface area contributed by atoms with Crippen LogP contribution >= 0.6 is 11.6 Å². The van der Waals surface area contributed by atoms with E-state index in [0.717, 1.165) is 5.56 Å². The summed E-state index contributed by atoms with van der Waals surface area (Å²) in [5.74, 6) is 0.809. The predicted molar refractivity (Wildman–Crippen MR) is 83.8 cm³/mol. The van der Waals surface area contributed by atoms with Crippen molar-refractivity contribution in [1.82, 2.24) is 4.98 Å². The van der Waals surface area contributed by atoms with Gasteiger partial charge in [-0.2, -0.15) is 0 Å². The second kappa shape index (κ2) is 6.14. The molecule has 1 aromatic heterocycles. The van der Waals surface area contributed by atoms with E-state index in [4.69, 9.17) is 16.3 Å². The van der Waals surface area contributed by atoms with Gasteiger partial charge < -0.3 is 10.1 Å². The van der Waals surface area contributed by atoms with Crippen LogP contribution in [-0.4, -0.2) is 16.5 Å². The van der Waals surface area contributed by atoms with E-state index >= 15 is 0 Å². The molecule has 0 unspecified atom stereocenters. The van der Waals surface area contributed by atoms with E-state index in [1.54, 1.807) is 50.4 Å². The first-order valence-corrected chi connectivity index (χ1v) is 6.93. The van der Waals surface area contributed by atoms with Crippen LogP contribution in [0.1, 0.15) is 19.4 Å². The van der Waals surface area contributed by atoms with Gasteiger partial charge in [-0.3, -0.25) is 4.79 Å². The molecule has 0 radical (unpaired) electrons. The number of aryl methyl sites for hydroxylation is 1. The average molecular weight is 305 g/mol. The van der Waals surface area contributed by atoms with Crippen molar-refractivity contribution < 1.29 is 9.53 Å².